The van der Waals surface area contributed by atoms with Gasteiger partial charge in [0.05, 0.1) is 5.69 Å². The van der Waals surface area contributed by atoms with Gasteiger partial charge in [-0.05, 0) is 69.8 Å². The maximum absolute atomic E-state index is 13.6. The van der Waals surface area contributed by atoms with E-state index in [4.69, 9.17) is 11.6 Å². The van der Waals surface area contributed by atoms with E-state index in [-0.39, 0.29) is 17.2 Å². The normalized spacial score (nSPS) is 17.4. The smallest absolute Gasteiger partial charge is 0.263 e. The van der Waals surface area contributed by atoms with Gasteiger partial charge in [0.2, 0.25) is 5.95 Å². The molecule has 44 heavy (non-hydrogen) atoms. The number of hydrogen-bond donors (Lipinski definition) is 4. The van der Waals surface area contributed by atoms with Crippen molar-refractivity contribution in [3.05, 3.63) is 77.8 Å². The van der Waals surface area contributed by atoms with Gasteiger partial charge in [-0.15, -0.1) is 0 Å². The number of likely N-dealkylation sites (tertiary alicyclic amines) is 1. The van der Waals surface area contributed by atoms with Crippen molar-refractivity contribution in [2.24, 2.45) is 11.6 Å². The van der Waals surface area contributed by atoms with Crippen LogP contribution in [0.2, 0.25) is 0 Å². The standard InChI is InChI=1S/C32H44N10O2/c1-5-35-31-36-20-28-29(37-31)39(4)16-17-41(30(28)44)25-9-7-10-26(19-25)42(34)22-24(33)21-40-14-12-32(13-15-40,38(2)3)23-8-6-11-27(43)18-23/h6-11,18-20,22,43H,5,12-17,21,33-34H2,1-4H3,(H,35,36,37)/b24-22-. The van der Waals surface area contributed by atoms with Crippen LogP contribution in [0, 0.1) is 0 Å². The van der Waals surface area contributed by atoms with Gasteiger partial charge in [-0.1, -0.05) is 18.2 Å². The number of phenols is 1. The fourth-order valence-electron chi connectivity index (χ4n) is 6.15. The summed E-state index contributed by atoms with van der Waals surface area (Å²) in [4.78, 5) is 30.8. The number of benzene rings is 2. The molecule has 6 N–H and O–H groups in total. The fraction of sp³-hybridized carbons (Fsp3) is 0.406. The van der Waals surface area contributed by atoms with E-state index >= 15 is 0 Å². The van der Waals surface area contributed by atoms with Crippen LogP contribution in [0.4, 0.5) is 23.1 Å². The molecule has 0 spiro atoms. The van der Waals surface area contributed by atoms with Crippen LogP contribution in [0.1, 0.15) is 35.7 Å². The second-order valence-electron chi connectivity index (χ2n) is 11.7. The fourth-order valence-corrected chi connectivity index (χ4v) is 6.15. The van der Waals surface area contributed by atoms with E-state index in [2.05, 4.69) is 45.2 Å². The van der Waals surface area contributed by atoms with Crippen LogP contribution >= 0.6 is 0 Å². The van der Waals surface area contributed by atoms with Crippen LogP contribution in [0.3, 0.4) is 0 Å². The molecule has 12 nitrogen and oxygen atoms in total. The Kier molecular flexibility index (Phi) is 9.23. The molecule has 3 heterocycles. The lowest BCUT2D eigenvalue weighted by Gasteiger charge is -2.46. The Hall–Kier alpha value is -4.39. The molecule has 3 aromatic rings. The minimum atomic E-state index is -0.159. The molecule has 1 aromatic heterocycles. The molecule has 0 radical (unpaired) electrons. The van der Waals surface area contributed by atoms with E-state index in [1.54, 1.807) is 23.4 Å². The average Bonchev–Trinajstić information content (AvgIpc) is 3.13. The monoisotopic (exact) mass is 600 g/mol. The molecule has 1 saturated heterocycles. The van der Waals surface area contributed by atoms with E-state index in [1.165, 1.54) is 5.01 Å². The van der Waals surface area contributed by atoms with Crippen LogP contribution in [-0.4, -0.2) is 91.2 Å². The highest BCUT2D eigenvalue weighted by Gasteiger charge is 2.38. The Labute approximate surface area is 259 Å². The summed E-state index contributed by atoms with van der Waals surface area (Å²) in [5, 5.41) is 14.7. The Morgan fingerprint density at radius 1 is 1.11 bits per heavy atom. The summed E-state index contributed by atoms with van der Waals surface area (Å²) in [6, 6.07) is 15.1. The van der Waals surface area contributed by atoms with E-state index < -0.39 is 0 Å². The van der Waals surface area contributed by atoms with Gasteiger partial charge >= 0.3 is 0 Å². The van der Waals surface area contributed by atoms with Crippen molar-refractivity contribution in [1.82, 2.24) is 19.8 Å². The van der Waals surface area contributed by atoms with E-state index in [0.717, 1.165) is 37.2 Å². The van der Waals surface area contributed by atoms with Crippen molar-refractivity contribution in [3.8, 4) is 5.75 Å². The van der Waals surface area contributed by atoms with Gasteiger partial charge in [0.1, 0.15) is 17.1 Å². The molecular weight excluding hydrogens is 556 g/mol. The zero-order valence-corrected chi connectivity index (χ0v) is 26.1. The minimum Gasteiger partial charge on any atom is -0.508 e. The van der Waals surface area contributed by atoms with Crippen molar-refractivity contribution in [2.75, 3.05) is 80.5 Å². The maximum Gasteiger partial charge on any atom is 0.263 e. The molecule has 1 amide bonds. The van der Waals surface area contributed by atoms with Crippen LogP contribution in [0.5, 0.6) is 5.75 Å². The number of nitrogens with one attached hydrogen (secondary N) is 1. The molecule has 2 aromatic carbocycles. The van der Waals surface area contributed by atoms with Crippen LogP contribution < -0.4 is 31.7 Å². The van der Waals surface area contributed by atoms with Gasteiger partial charge in [0.15, 0.2) is 0 Å². The largest absolute Gasteiger partial charge is 0.508 e. The topological polar surface area (TPSA) is 143 Å². The molecule has 234 valence electrons. The number of likely N-dealkylation sites (N-methyl/N-ethyl adjacent to an activating group) is 1. The number of phenolic OH excluding ortho intramolecular Hbond substituents is 1. The number of nitrogens with zero attached hydrogens (tertiary/aromatic N) is 7. The van der Waals surface area contributed by atoms with Crippen molar-refractivity contribution in [2.45, 2.75) is 25.3 Å². The zero-order valence-electron chi connectivity index (χ0n) is 26.1. The third-order valence-corrected chi connectivity index (χ3v) is 8.67. The number of aromatic hydroxyl groups is 1. The number of carbonyl (C=O) groups is 1. The van der Waals surface area contributed by atoms with Crippen LogP contribution in [0.15, 0.2) is 66.6 Å². The second-order valence-corrected chi connectivity index (χ2v) is 11.7. The minimum absolute atomic E-state index is 0.144. The highest BCUT2D eigenvalue weighted by molar-refractivity contribution is 6.10. The first kappa shape index (κ1) is 31.0. The predicted molar refractivity (Wildman–Crippen MR) is 176 cm³/mol. The first-order valence-corrected chi connectivity index (χ1v) is 15.0. The first-order valence-electron chi connectivity index (χ1n) is 15.0. The van der Waals surface area contributed by atoms with Crippen molar-refractivity contribution >= 4 is 29.0 Å². The van der Waals surface area contributed by atoms with Gasteiger partial charge in [-0.2, -0.15) is 4.98 Å². The van der Waals surface area contributed by atoms with Gasteiger partial charge in [0.25, 0.3) is 5.91 Å². The lowest BCUT2D eigenvalue weighted by molar-refractivity contribution is 0.0573. The van der Waals surface area contributed by atoms with Crippen LogP contribution in [0.25, 0.3) is 0 Å². The molecule has 0 saturated carbocycles. The predicted octanol–water partition coefficient (Wildman–Crippen LogP) is 2.74. The molecule has 0 unspecified atom stereocenters. The molecular formula is C32H44N10O2. The summed E-state index contributed by atoms with van der Waals surface area (Å²) in [5.74, 6) is 7.71. The Morgan fingerprint density at radius 3 is 2.57 bits per heavy atom. The number of aromatic nitrogens is 2. The maximum atomic E-state index is 13.6. The quantitative estimate of drug-likeness (QED) is 0.213. The first-order chi connectivity index (χ1) is 21.1. The third-order valence-electron chi connectivity index (χ3n) is 8.67. The molecule has 0 bridgehead atoms. The summed E-state index contributed by atoms with van der Waals surface area (Å²) in [7, 11) is 6.12. The number of hydrazine groups is 1. The van der Waals surface area contributed by atoms with Gasteiger partial charge in [-0.3, -0.25) is 19.6 Å². The number of rotatable bonds is 9. The second kappa shape index (κ2) is 13.1. The summed E-state index contributed by atoms with van der Waals surface area (Å²) in [6.07, 6.45) is 5.15. The van der Waals surface area contributed by atoms with Crippen molar-refractivity contribution in [1.29, 1.82) is 0 Å². The molecule has 12 heteroatoms. The summed E-state index contributed by atoms with van der Waals surface area (Å²) < 4.78 is 0. The molecule has 2 aliphatic heterocycles. The number of fused-ring (bicyclic) bond motifs is 1. The van der Waals surface area contributed by atoms with Gasteiger partial charge < -0.3 is 26.0 Å². The lowest BCUT2D eigenvalue weighted by atomic mass is 9.79. The SMILES string of the molecule is CCNc1ncc2c(n1)N(C)CCN(c1cccc(N(N)/C=C(\N)CN3CCC(c4cccc(O)c4)(N(C)C)CC3)c1)C2=O. The van der Waals surface area contributed by atoms with E-state index in [9.17, 15) is 9.90 Å². The number of anilines is 4. The van der Waals surface area contributed by atoms with Crippen molar-refractivity contribution in [3.63, 3.8) is 0 Å². The molecule has 0 aliphatic carbocycles. The number of amides is 1. The molecule has 5 rings (SSSR count). The average molecular weight is 601 g/mol. The molecule has 0 atom stereocenters. The Balaban J connectivity index is 1.26. The van der Waals surface area contributed by atoms with E-state index in [1.807, 2.05) is 55.3 Å². The third kappa shape index (κ3) is 6.42. The van der Waals surface area contributed by atoms with Crippen LogP contribution in [-0.2, 0) is 5.54 Å². The number of piperidine rings is 1. The summed E-state index contributed by atoms with van der Waals surface area (Å²) >= 11 is 0. The highest BCUT2D eigenvalue weighted by Crippen LogP contribution is 2.38. The molecule has 1 fully saturated rings. The van der Waals surface area contributed by atoms with Crippen molar-refractivity contribution < 1.29 is 9.90 Å². The lowest BCUT2D eigenvalue weighted by Crippen LogP contribution is -2.51. The van der Waals surface area contributed by atoms with Gasteiger partial charge in [-0.25, -0.2) is 10.8 Å². The number of nitrogens with two attached hydrogens (primary N) is 2. The summed E-state index contributed by atoms with van der Waals surface area (Å²) in [6.45, 7) is 6.06. The number of carbonyl (C=O) groups excluding carboxylic acids is 1. The Bertz CT molecular complexity index is 1500. The van der Waals surface area contributed by atoms with E-state index in [0.29, 0.717) is 54.9 Å². The zero-order chi connectivity index (χ0) is 31.4. The van der Waals surface area contributed by atoms with Gasteiger partial charge in [0, 0.05) is 75.6 Å². The summed E-state index contributed by atoms with van der Waals surface area (Å²) in [5.41, 5.74) is 10.0. The Morgan fingerprint density at radius 2 is 1.86 bits per heavy atom. The number of hydrogen-bond acceptors (Lipinski definition) is 11. The highest BCUT2D eigenvalue weighted by atomic mass is 16.3. The molecule has 2 aliphatic rings.